The minimum atomic E-state index is -0.792. The molecule has 0 fully saturated rings. The van der Waals surface area contributed by atoms with Crippen LogP contribution >= 0.6 is 11.8 Å². The van der Waals surface area contributed by atoms with E-state index < -0.39 is 11.0 Å². The molecule has 19 heavy (non-hydrogen) atoms. The molecule has 0 saturated heterocycles. The maximum atomic E-state index is 10.7. The predicted octanol–water partition coefficient (Wildman–Crippen LogP) is 3.17. The van der Waals surface area contributed by atoms with E-state index in [4.69, 9.17) is 4.74 Å². The quantitative estimate of drug-likeness (QED) is 0.451. The van der Waals surface area contributed by atoms with Crippen LogP contribution in [0.15, 0.2) is 18.2 Å². The van der Waals surface area contributed by atoms with Gasteiger partial charge in [0.05, 0.1) is 17.6 Å². The van der Waals surface area contributed by atoms with Crippen molar-refractivity contribution in [2.24, 2.45) is 0 Å². The fraction of sp³-hybridized carbons (Fsp3) is 0.538. The highest BCUT2D eigenvalue weighted by Crippen LogP contribution is 2.29. The molecule has 0 aliphatic carbocycles. The molecule has 0 heterocycles. The Morgan fingerprint density at radius 3 is 2.84 bits per heavy atom. The van der Waals surface area contributed by atoms with Gasteiger partial charge in [-0.05, 0) is 30.9 Å². The SMILES string of the molecule is CCSCCCOc1ccc([N+](=O)[O-])cc1[C@@H](C)O. The maximum Gasteiger partial charge on any atom is 0.270 e. The van der Waals surface area contributed by atoms with Crippen molar-refractivity contribution in [1.82, 2.24) is 0 Å². The minimum absolute atomic E-state index is 0.0372. The van der Waals surface area contributed by atoms with Gasteiger partial charge in [0.25, 0.3) is 5.69 Å². The molecule has 106 valence electrons. The normalized spacial score (nSPS) is 12.2. The fourth-order valence-corrected chi connectivity index (χ4v) is 2.21. The molecule has 1 rings (SSSR count). The van der Waals surface area contributed by atoms with Gasteiger partial charge in [0, 0.05) is 17.7 Å². The van der Waals surface area contributed by atoms with E-state index in [1.807, 2.05) is 11.8 Å². The molecule has 1 aromatic rings. The highest BCUT2D eigenvalue weighted by atomic mass is 32.2. The van der Waals surface area contributed by atoms with E-state index in [1.165, 1.54) is 12.1 Å². The van der Waals surface area contributed by atoms with E-state index in [0.29, 0.717) is 17.9 Å². The molecule has 0 bridgehead atoms. The number of non-ortho nitro benzene ring substituents is 1. The van der Waals surface area contributed by atoms with Crippen LogP contribution in [0.1, 0.15) is 31.9 Å². The Hall–Kier alpha value is -1.27. The molecule has 1 atom stereocenters. The van der Waals surface area contributed by atoms with Crippen molar-refractivity contribution in [3.63, 3.8) is 0 Å². The molecule has 5 nitrogen and oxygen atoms in total. The molecular weight excluding hydrogens is 266 g/mol. The Kier molecular flexibility index (Phi) is 6.66. The van der Waals surface area contributed by atoms with Gasteiger partial charge in [0.1, 0.15) is 5.75 Å². The fourth-order valence-electron chi connectivity index (χ4n) is 1.59. The first-order chi connectivity index (χ1) is 9.06. The predicted molar refractivity (Wildman–Crippen MR) is 76.8 cm³/mol. The van der Waals surface area contributed by atoms with Gasteiger partial charge < -0.3 is 9.84 Å². The topological polar surface area (TPSA) is 72.6 Å². The summed E-state index contributed by atoms with van der Waals surface area (Å²) in [5.74, 6) is 2.62. The van der Waals surface area contributed by atoms with E-state index in [0.717, 1.165) is 17.9 Å². The van der Waals surface area contributed by atoms with Crippen LogP contribution in [0.25, 0.3) is 0 Å². The summed E-state index contributed by atoms with van der Waals surface area (Å²) >= 11 is 1.84. The number of aliphatic hydroxyl groups is 1. The van der Waals surface area contributed by atoms with Crippen LogP contribution in [0.4, 0.5) is 5.69 Å². The third kappa shape index (κ3) is 5.08. The van der Waals surface area contributed by atoms with Crippen molar-refractivity contribution in [2.75, 3.05) is 18.1 Å². The van der Waals surface area contributed by atoms with E-state index in [9.17, 15) is 15.2 Å². The second-order valence-corrected chi connectivity index (χ2v) is 5.45. The first kappa shape index (κ1) is 15.8. The Balaban J connectivity index is 2.69. The van der Waals surface area contributed by atoms with Gasteiger partial charge in [-0.15, -0.1) is 0 Å². The van der Waals surface area contributed by atoms with Crippen molar-refractivity contribution in [1.29, 1.82) is 0 Å². The van der Waals surface area contributed by atoms with Crippen molar-refractivity contribution in [2.45, 2.75) is 26.4 Å². The largest absolute Gasteiger partial charge is 0.493 e. The van der Waals surface area contributed by atoms with E-state index in [-0.39, 0.29) is 5.69 Å². The van der Waals surface area contributed by atoms with Crippen molar-refractivity contribution in [3.8, 4) is 5.75 Å². The van der Waals surface area contributed by atoms with Crippen LogP contribution in [0, 0.1) is 10.1 Å². The molecule has 1 aromatic carbocycles. The van der Waals surface area contributed by atoms with Crippen molar-refractivity contribution < 1.29 is 14.8 Å². The smallest absolute Gasteiger partial charge is 0.270 e. The maximum absolute atomic E-state index is 10.7. The van der Waals surface area contributed by atoms with Crippen LogP contribution < -0.4 is 4.74 Å². The Labute approximate surface area is 117 Å². The molecule has 0 saturated carbocycles. The Morgan fingerprint density at radius 1 is 1.53 bits per heavy atom. The summed E-state index contributed by atoms with van der Waals surface area (Å²) in [6.45, 7) is 4.22. The first-order valence-corrected chi connectivity index (χ1v) is 7.38. The molecule has 0 aliphatic rings. The zero-order valence-corrected chi connectivity index (χ0v) is 12.0. The lowest BCUT2D eigenvalue weighted by Gasteiger charge is -2.13. The minimum Gasteiger partial charge on any atom is -0.493 e. The third-order valence-corrected chi connectivity index (χ3v) is 3.53. The number of nitrogens with zero attached hydrogens (tertiary/aromatic N) is 1. The van der Waals surface area contributed by atoms with Crippen molar-refractivity contribution >= 4 is 17.4 Å². The van der Waals surface area contributed by atoms with Gasteiger partial charge in [-0.25, -0.2) is 0 Å². The average molecular weight is 285 g/mol. The Bertz CT molecular complexity index is 423. The Morgan fingerprint density at radius 2 is 2.26 bits per heavy atom. The number of thioether (sulfide) groups is 1. The second kappa shape index (κ2) is 8.01. The van der Waals surface area contributed by atoms with Crippen LogP contribution in [0.3, 0.4) is 0 Å². The van der Waals surface area contributed by atoms with Gasteiger partial charge >= 0.3 is 0 Å². The van der Waals surface area contributed by atoms with Crippen molar-refractivity contribution in [3.05, 3.63) is 33.9 Å². The van der Waals surface area contributed by atoms with Gasteiger partial charge in [0.15, 0.2) is 0 Å². The molecule has 0 aromatic heterocycles. The van der Waals surface area contributed by atoms with Gasteiger partial charge in [-0.2, -0.15) is 11.8 Å². The van der Waals surface area contributed by atoms with Gasteiger partial charge in [-0.1, -0.05) is 6.92 Å². The first-order valence-electron chi connectivity index (χ1n) is 6.23. The summed E-state index contributed by atoms with van der Waals surface area (Å²) in [5.41, 5.74) is 0.419. The summed E-state index contributed by atoms with van der Waals surface area (Å²) in [6.07, 6.45) is 0.120. The third-order valence-electron chi connectivity index (χ3n) is 2.55. The number of nitro groups is 1. The highest BCUT2D eigenvalue weighted by Gasteiger charge is 2.15. The second-order valence-electron chi connectivity index (χ2n) is 4.05. The summed E-state index contributed by atoms with van der Waals surface area (Å²) < 4.78 is 5.58. The number of ether oxygens (including phenoxy) is 1. The molecule has 0 aliphatic heterocycles. The monoisotopic (exact) mass is 285 g/mol. The number of hydrogen-bond donors (Lipinski definition) is 1. The molecule has 6 heteroatoms. The van der Waals surface area contributed by atoms with Crippen LogP contribution in [-0.4, -0.2) is 28.1 Å². The molecule has 0 radical (unpaired) electrons. The molecule has 1 N–H and O–H groups in total. The van der Waals surface area contributed by atoms with Gasteiger partial charge in [-0.3, -0.25) is 10.1 Å². The lowest BCUT2D eigenvalue weighted by atomic mass is 10.1. The van der Waals surface area contributed by atoms with Gasteiger partial charge in [0.2, 0.25) is 0 Å². The summed E-state index contributed by atoms with van der Waals surface area (Å²) in [4.78, 5) is 10.2. The standard InChI is InChI=1S/C13H19NO4S/c1-3-19-8-4-7-18-13-6-5-11(14(16)17)9-12(13)10(2)15/h5-6,9-10,15H,3-4,7-8H2,1-2H3/t10-/m1/s1. The number of aliphatic hydroxyl groups excluding tert-OH is 1. The highest BCUT2D eigenvalue weighted by molar-refractivity contribution is 7.99. The number of rotatable bonds is 8. The zero-order valence-electron chi connectivity index (χ0n) is 11.2. The van der Waals surface area contributed by atoms with Crippen LogP contribution in [0.5, 0.6) is 5.75 Å². The summed E-state index contributed by atoms with van der Waals surface area (Å²) in [7, 11) is 0. The lowest BCUT2D eigenvalue weighted by Crippen LogP contribution is -2.04. The zero-order chi connectivity index (χ0) is 14.3. The van der Waals surface area contributed by atoms with E-state index >= 15 is 0 Å². The summed E-state index contributed by atoms with van der Waals surface area (Å²) in [6, 6.07) is 4.30. The number of hydrogen-bond acceptors (Lipinski definition) is 5. The number of benzene rings is 1. The van der Waals surface area contributed by atoms with E-state index in [1.54, 1.807) is 13.0 Å². The molecule has 0 amide bonds. The summed E-state index contributed by atoms with van der Waals surface area (Å²) in [5, 5.41) is 20.3. The van der Waals surface area contributed by atoms with E-state index in [2.05, 4.69) is 6.92 Å². The molecule has 0 spiro atoms. The average Bonchev–Trinajstić information content (AvgIpc) is 2.38. The number of nitro benzene ring substituents is 1. The van der Waals surface area contributed by atoms with Crippen LogP contribution in [-0.2, 0) is 0 Å². The van der Waals surface area contributed by atoms with Crippen LogP contribution in [0.2, 0.25) is 0 Å². The molecule has 0 unspecified atom stereocenters. The molecular formula is C13H19NO4S. The lowest BCUT2D eigenvalue weighted by molar-refractivity contribution is -0.385.